The van der Waals surface area contributed by atoms with E-state index in [1.165, 1.54) is 11.8 Å². The van der Waals surface area contributed by atoms with Gasteiger partial charge in [-0.15, -0.1) is 10.2 Å². The van der Waals surface area contributed by atoms with E-state index in [9.17, 15) is 4.79 Å². The zero-order valence-electron chi connectivity index (χ0n) is 17.5. The molecule has 0 bridgehead atoms. The van der Waals surface area contributed by atoms with Gasteiger partial charge in [-0.1, -0.05) is 53.8 Å². The summed E-state index contributed by atoms with van der Waals surface area (Å²) < 4.78 is 0.588. The minimum absolute atomic E-state index is 0.0561. The Balaban J connectivity index is 1.38. The summed E-state index contributed by atoms with van der Waals surface area (Å²) in [4.78, 5) is 23.9. The molecule has 0 atom stereocenters. The third-order valence-corrected chi connectivity index (χ3v) is 6.38. The number of nitrogens with two attached hydrogens (primary N) is 1. The van der Waals surface area contributed by atoms with E-state index in [1.54, 1.807) is 11.1 Å². The second-order valence-electron chi connectivity index (χ2n) is 7.36. The second kappa shape index (κ2) is 9.96. The van der Waals surface area contributed by atoms with Crippen LogP contribution in [-0.2, 0) is 11.2 Å². The number of anilines is 1. The molecule has 2 aromatic heterocycles. The zero-order chi connectivity index (χ0) is 22.5. The first kappa shape index (κ1) is 22.0. The first-order chi connectivity index (χ1) is 15.5. The van der Waals surface area contributed by atoms with Gasteiger partial charge in [0.1, 0.15) is 10.1 Å². The van der Waals surface area contributed by atoms with Crippen molar-refractivity contribution in [2.24, 2.45) is 0 Å². The first-order valence-electron chi connectivity index (χ1n) is 10.2. The fraction of sp³-hybridized carbons (Fsp3) is 0.286. The van der Waals surface area contributed by atoms with E-state index >= 15 is 0 Å². The number of unbranched alkanes of at least 4 members (excludes halogenated alkanes) is 2. The lowest BCUT2D eigenvalue weighted by molar-refractivity contribution is -0.122. The fourth-order valence-corrected chi connectivity index (χ4v) is 4.53. The van der Waals surface area contributed by atoms with Crippen molar-refractivity contribution in [1.29, 1.82) is 0 Å². The largest absolute Gasteiger partial charge is 0.383 e. The average molecular weight is 467 g/mol. The number of thiocarbonyl (C=S) groups is 1. The normalized spacial score (nSPS) is 15.2. The van der Waals surface area contributed by atoms with E-state index in [4.69, 9.17) is 18.0 Å². The van der Waals surface area contributed by atoms with E-state index in [0.717, 1.165) is 42.4 Å². The van der Waals surface area contributed by atoms with Crippen molar-refractivity contribution < 1.29 is 4.79 Å². The van der Waals surface area contributed by atoms with Crippen LogP contribution in [0.1, 0.15) is 36.2 Å². The molecule has 0 spiro atoms. The lowest BCUT2D eigenvalue weighted by atomic mass is 10.1. The molecule has 1 aromatic carbocycles. The van der Waals surface area contributed by atoms with Gasteiger partial charge in [-0.2, -0.15) is 5.21 Å². The number of nitrogens with one attached hydrogen (secondary N) is 1. The SMILES string of the molecule is Cc1cnc(-c2cccc(C=C3SC(=S)N(CCCCCc4nn[nH]n4)C3=O)c2)nc1N. The number of carbonyl (C=O) groups is 1. The third kappa shape index (κ3) is 5.17. The number of carbonyl (C=O) groups excluding carboxylic acids is 1. The van der Waals surface area contributed by atoms with Gasteiger partial charge >= 0.3 is 0 Å². The van der Waals surface area contributed by atoms with Crippen molar-refractivity contribution >= 4 is 46.1 Å². The van der Waals surface area contributed by atoms with Crippen molar-refractivity contribution in [2.45, 2.75) is 32.6 Å². The van der Waals surface area contributed by atoms with Crippen LogP contribution in [-0.4, -0.2) is 52.3 Å². The minimum atomic E-state index is -0.0561. The zero-order valence-corrected chi connectivity index (χ0v) is 19.1. The van der Waals surface area contributed by atoms with Crippen LogP contribution in [0.4, 0.5) is 5.82 Å². The molecule has 0 radical (unpaired) electrons. The van der Waals surface area contributed by atoms with Gasteiger partial charge in [0.2, 0.25) is 0 Å². The molecule has 9 nitrogen and oxygen atoms in total. The molecule has 3 aromatic rings. The lowest BCUT2D eigenvalue weighted by Gasteiger charge is -2.13. The molecule has 1 fully saturated rings. The predicted octanol–water partition coefficient (Wildman–Crippen LogP) is 3.16. The molecular formula is C21H22N8OS2. The number of nitrogens with zero attached hydrogens (tertiary/aromatic N) is 6. The Bertz CT molecular complexity index is 1160. The van der Waals surface area contributed by atoms with Crippen LogP contribution in [0, 0.1) is 6.92 Å². The molecule has 4 rings (SSSR count). The van der Waals surface area contributed by atoms with Crippen LogP contribution in [0.25, 0.3) is 17.5 Å². The second-order valence-corrected chi connectivity index (χ2v) is 9.04. The number of nitrogen functional groups attached to an aromatic ring is 1. The quantitative estimate of drug-likeness (QED) is 0.292. The number of thioether (sulfide) groups is 1. The van der Waals surface area contributed by atoms with Gasteiger partial charge in [0, 0.05) is 30.3 Å². The summed E-state index contributed by atoms with van der Waals surface area (Å²) in [6, 6.07) is 7.70. The standard InChI is InChI=1S/C21H22N8OS2/c1-13-12-23-19(24-18(13)22)15-7-5-6-14(10-15)11-16-20(30)29(21(31)32-16)9-4-2-3-8-17-25-27-28-26-17/h5-7,10-12H,2-4,8-9H2,1H3,(H2,22,23,24)(H,25,26,27,28). The maximum Gasteiger partial charge on any atom is 0.266 e. The number of amides is 1. The number of aromatic nitrogens is 6. The van der Waals surface area contributed by atoms with Gasteiger partial charge in [0.05, 0.1) is 4.91 Å². The smallest absolute Gasteiger partial charge is 0.266 e. The number of benzene rings is 1. The van der Waals surface area contributed by atoms with Gasteiger partial charge in [0.25, 0.3) is 5.91 Å². The molecule has 3 heterocycles. The molecular weight excluding hydrogens is 444 g/mol. The number of H-pyrrole nitrogens is 1. The van der Waals surface area contributed by atoms with Crippen molar-refractivity contribution in [3.8, 4) is 11.4 Å². The highest BCUT2D eigenvalue weighted by atomic mass is 32.2. The van der Waals surface area contributed by atoms with Gasteiger partial charge in [-0.25, -0.2) is 9.97 Å². The first-order valence-corrected chi connectivity index (χ1v) is 11.4. The molecule has 1 amide bonds. The molecule has 1 aliphatic heterocycles. The summed E-state index contributed by atoms with van der Waals surface area (Å²) in [5, 5.41) is 13.9. The molecule has 0 aliphatic carbocycles. The predicted molar refractivity (Wildman–Crippen MR) is 128 cm³/mol. The fourth-order valence-electron chi connectivity index (χ4n) is 3.22. The minimum Gasteiger partial charge on any atom is -0.383 e. The highest BCUT2D eigenvalue weighted by Gasteiger charge is 2.31. The highest BCUT2D eigenvalue weighted by molar-refractivity contribution is 8.26. The topological polar surface area (TPSA) is 127 Å². The van der Waals surface area contributed by atoms with Gasteiger partial charge in [-0.3, -0.25) is 9.69 Å². The summed E-state index contributed by atoms with van der Waals surface area (Å²) in [5.41, 5.74) is 8.47. The maximum atomic E-state index is 12.9. The molecule has 164 valence electrons. The Morgan fingerprint density at radius 1 is 1.28 bits per heavy atom. The summed E-state index contributed by atoms with van der Waals surface area (Å²) in [6.07, 6.45) is 7.07. The number of tetrazole rings is 1. The van der Waals surface area contributed by atoms with Crippen LogP contribution in [0.5, 0.6) is 0 Å². The van der Waals surface area contributed by atoms with Crippen LogP contribution >= 0.6 is 24.0 Å². The van der Waals surface area contributed by atoms with Crippen molar-refractivity contribution in [1.82, 2.24) is 35.5 Å². The summed E-state index contributed by atoms with van der Waals surface area (Å²) >= 11 is 6.77. The number of aryl methyl sites for hydroxylation is 2. The van der Waals surface area contributed by atoms with E-state index in [1.807, 2.05) is 37.3 Å². The van der Waals surface area contributed by atoms with E-state index in [0.29, 0.717) is 33.2 Å². The van der Waals surface area contributed by atoms with Gasteiger partial charge in [-0.05, 0) is 37.5 Å². The van der Waals surface area contributed by atoms with Crippen LogP contribution in [0.2, 0.25) is 0 Å². The lowest BCUT2D eigenvalue weighted by Crippen LogP contribution is -2.29. The van der Waals surface area contributed by atoms with Crippen LogP contribution < -0.4 is 5.73 Å². The molecule has 0 saturated carbocycles. The number of aromatic amines is 1. The Morgan fingerprint density at radius 3 is 2.94 bits per heavy atom. The van der Waals surface area contributed by atoms with Crippen molar-refractivity contribution in [3.63, 3.8) is 0 Å². The summed E-state index contributed by atoms with van der Waals surface area (Å²) in [5.74, 6) is 1.66. The Labute approximate surface area is 194 Å². The highest BCUT2D eigenvalue weighted by Crippen LogP contribution is 2.33. The molecule has 3 N–H and O–H groups in total. The molecule has 1 aliphatic rings. The van der Waals surface area contributed by atoms with E-state index < -0.39 is 0 Å². The van der Waals surface area contributed by atoms with E-state index in [2.05, 4.69) is 30.6 Å². The average Bonchev–Trinajstić information content (AvgIpc) is 3.39. The van der Waals surface area contributed by atoms with Crippen LogP contribution in [0.3, 0.4) is 0 Å². The third-order valence-electron chi connectivity index (χ3n) is 5.00. The maximum absolute atomic E-state index is 12.9. The summed E-state index contributed by atoms with van der Waals surface area (Å²) in [7, 11) is 0. The monoisotopic (exact) mass is 466 g/mol. The van der Waals surface area contributed by atoms with Gasteiger partial charge in [0.15, 0.2) is 11.6 Å². The molecule has 1 saturated heterocycles. The van der Waals surface area contributed by atoms with Gasteiger partial charge < -0.3 is 5.73 Å². The Kier molecular flexibility index (Phi) is 6.86. The van der Waals surface area contributed by atoms with E-state index in [-0.39, 0.29) is 5.91 Å². The number of hydrogen-bond acceptors (Lipinski definition) is 9. The molecule has 32 heavy (non-hydrogen) atoms. The van der Waals surface area contributed by atoms with Crippen LogP contribution in [0.15, 0.2) is 35.4 Å². The molecule has 0 unspecified atom stereocenters. The summed E-state index contributed by atoms with van der Waals surface area (Å²) in [6.45, 7) is 2.47. The molecule has 11 heteroatoms. The Morgan fingerprint density at radius 2 is 2.16 bits per heavy atom. The van der Waals surface area contributed by atoms with Crippen molar-refractivity contribution in [3.05, 3.63) is 52.3 Å². The number of rotatable bonds is 8. The number of hydrogen-bond donors (Lipinski definition) is 2. The Hall–Kier alpha value is -3.18. The van der Waals surface area contributed by atoms with Crippen molar-refractivity contribution in [2.75, 3.05) is 12.3 Å².